The minimum atomic E-state index is 0.951. The zero-order valence-corrected chi connectivity index (χ0v) is 8.23. The SMILES string of the molecule is CC.CCC1CCCOCC1. The lowest BCUT2D eigenvalue weighted by Crippen LogP contribution is -1.97. The van der Waals surface area contributed by atoms with E-state index in [0.29, 0.717) is 0 Å². The van der Waals surface area contributed by atoms with Gasteiger partial charge in [0.2, 0.25) is 0 Å². The number of rotatable bonds is 1. The van der Waals surface area contributed by atoms with Gasteiger partial charge in [-0.3, -0.25) is 0 Å². The van der Waals surface area contributed by atoms with Crippen LogP contribution < -0.4 is 0 Å². The molecule has 1 unspecified atom stereocenters. The fourth-order valence-electron chi connectivity index (χ4n) is 1.38. The van der Waals surface area contributed by atoms with E-state index >= 15 is 0 Å². The molecule has 0 bridgehead atoms. The highest BCUT2D eigenvalue weighted by Gasteiger charge is 2.08. The molecular formula is C10H22O. The van der Waals surface area contributed by atoms with Gasteiger partial charge < -0.3 is 4.74 Å². The van der Waals surface area contributed by atoms with Crippen LogP contribution in [0, 0.1) is 5.92 Å². The van der Waals surface area contributed by atoms with Gasteiger partial charge in [-0.25, -0.2) is 0 Å². The molecule has 0 radical (unpaired) electrons. The first-order chi connectivity index (χ1) is 5.43. The third-order valence-corrected chi connectivity index (χ3v) is 2.15. The van der Waals surface area contributed by atoms with Gasteiger partial charge in [-0.15, -0.1) is 0 Å². The lowest BCUT2D eigenvalue weighted by Gasteiger charge is -2.07. The van der Waals surface area contributed by atoms with Crippen LogP contribution in [0.5, 0.6) is 0 Å². The van der Waals surface area contributed by atoms with Gasteiger partial charge >= 0.3 is 0 Å². The average Bonchev–Trinajstić information content (AvgIpc) is 2.35. The first-order valence-corrected chi connectivity index (χ1v) is 5.01. The van der Waals surface area contributed by atoms with E-state index in [2.05, 4.69) is 6.92 Å². The molecule has 0 amide bonds. The van der Waals surface area contributed by atoms with E-state index < -0.39 is 0 Å². The summed E-state index contributed by atoms with van der Waals surface area (Å²) in [6.45, 7) is 8.27. The van der Waals surface area contributed by atoms with E-state index in [1.54, 1.807) is 0 Å². The van der Waals surface area contributed by atoms with Crippen molar-refractivity contribution < 1.29 is 4.74 Å². The summed E-state index contributed by atoms with van der Waals surface area (Å²) in [6.07, 6.45) is 5.29. The molecular weight excluding hydrogens is 136 g/mol. The molecule has 1 aliphatic rings. The largest absolute Gasteiger partial charge is 0.381 e. The third-order valence-electron chi connectivity index (χ3n) is 2.15. The molecule has 1 rings (SSSR count). The number of ether oxygens (including phenoxy) is 1. The minimum absolute atomic E-state index is 0.951. The van der Waals surface area contributed by atoms with Crippen molar-refractivity contribution in [3.8, 4) is 0 Å². The van der Waals surface area contributed by atoms with Crippen LogP contribution in [0.2, 0.25) is 0 Å². The summed E-state index contributed by atoms with van der Waals surface area (Å²) in [7, 11) is 0. The summed E-state index contributed by atoms with van der Waals surface area (Å²) >= 11 is 0. The van der Waals surface area contributed by atoms with Crippen LogP contribution in [0.4, 0.5) is 0 Å². The molecule has 1 aliphatic heterocycles. The molecule has 0 N–H and O–H groups in total. The molecule has 1 nitrogen and oxygen atoms in total. The molecule has 0 aliphatic carbocycles. The van der Waals surface area contributed by atoms with Crippen LogP contribution in [0.1, 0.15) is 46.5 Å². The van der Waals surface area contributed by atoms with E-state index in [9.17, 15) is 0 Å². The van der Waals surface area contributed by atoms with Gasteiger partial charge in [0.15, 0.2) is 0 Å². The molecule has 0 saturated carbocycles. The summed E-state index contributed by atoms with van der Waals surface area (Å²) in [4.78, 5) is 0. The zero-order chi connectivity index (χ0) is 8.53. The Morgan fingerprint density at radius 3 is 2.55 bits per heavy atom. The molecule has 0 aromatic rings. The first-order valence-electron chi connectivity index (χ1n) is 5.01. The fraction of sp³-hybridized carbons (Fsp3) is 1.00. The van der Waals surface area contributed by atoms with Crippen molar-refractivity contribution in [3.63, 3.8) is 0 Å². The summed E-state index contributed by atoms with van der Waals surface area (Å²) in [5.74, 6) is 0.951. The first kappa shape index (κ1) is 11.0. The predicted octanol–water partition coefficient (Wildman–Crippen LogP) is 3.24. The van der Waals surface area contributed by atoms with Gasteiger partial charge in [-0.2, -0.15) is 0 Å². The smallest absolute Gasteiger partial charge is 0.0468 e. The van der Waals surface area contributed by atoms with E-state index in [0.717, 1.165) is 19.1 Å². The van der Waals surface area contributed by atoms with Crippen LogP contribution in [-0.2, 0) is 4.74 Å². The maximum atomic E-state index is 5.33. The Bertz CT molecular complexity index is 63.3. The highest BCUT2D eigenvalue weighted by atomic mass is 16.5. The quantitative estimate of drug-likeness (QED) is 0.569. The molecule has 0 spiro atoms. The second-order valence-corrected chi connectivity index (χ2v) is 2.82. The van der Waals surface area contributed by atoms with Crippen molar-refractivity contribution in [1.29, 1.82) is 0 Å². The third kappa shape index (κ3) is 5.25. The fourth-order valence-corrected chi connectivity index (χ4v) is 1.38. The van der Waals surface area contributed by atoms with Gasteiger partial charge in [-0.1, -0.05) is 27.2 Å². The molecule has 11 heavy (non-hydrogen) atoms. The molecule has 1 heterocycles. The van der Waals surface area contributed by atoms with Gasteiger partial charge in [0.25, 0.3) is 0 Å². The predicted molar refractivity (Wildman–Crippen MR) is 49.8 cm³/mol. The molecule has 68 valence electrons. The van der Waals surface area contributed by atoms with E-state index in [4.69, 9.17) is 4.74 Å². The van der Waals surface area contributed by atoms with Crippen molar-refractivity contribution >= 4 is 0 Å². The maximum Gasteiger partial charge on any atom is 0.0468 e. The standard InChI is InChI=1S/C8H16O.C2H6/c1-2-8-4-3-6-9-7-5-8;1-2/h8H,2-7H2,1H3;1-2H3. The molecule has 0 aromatic heterocycles. The summed E-state index contributed by atoms with van der Waals surface area (Å²) in [5.41, 5.74) is 0. The maximum absolute atomic E-state index is 5.33. The Labute approximate surface area is 71.1 Å². The number of hydrogen-bond acceptors (Lipinski definition) is 1. The molecule has 0 aromatic carbocycles. The lowest BCUT2D eigenvalue weighted by atomic mass is 9.98. The van der Waals surface area contributed by atoms with Crippen molar-refractivity contribution in [1.82, 2.24) is 0 Å². The Hall–Kier alpha value is -0.0400. The van der Waals surface area contributed by atoms with Crippen LogP contribution in [0.3, 0.4) is 0 Å². The topological polar surface area (TPSA) is 9.23 Å². The van der Waals surface area contributed by atoms with Crippen LogP contribution >= 0.6 is 0 Å². The van der Waals surface area contributed by atoms with Gasteiger partial charge in [-0.05, 0) is 25.2 Å². The lowest BCUT2D eigenvalue weighted by molar-refractivity contribution is 0.141. The summed E-state index contributed by atoms with van der Waals surface area (Å²) in [6, 6.07) is 0. The van der Waals surface area contributed by atoms with Crippen LogP contribution in [0.15, 0.2) is 0 Å². The van der Waals surface area contributed by atoms with Gasteiger partial charge in [0, 0.05) is 13.2 Å². The Kier molecular flexibility index (Phi) is 8.03. The average molecular weight is 158 g/mol. The highest BCUT2D eigenvalue weighted by molar-refractivity contribution is 4.59. The Morgan fingerprint density at radius 2 is 1.91 bits per heavy atom. The molecule has 1 heteroatoms. The normalized spacial score (nSPS) is 24.8. The van der Waals surface area contributed by atoms with Crippen molar-refractivity contribution in [2.75, 3.05) is 13.2 Å². The van der Waals surface area contributed by atoms with E-state index in [1.165, 1.54) is 25.7 Å². The minimum Gasteiger partial charge on any atom is -0.381 e. The second kappa shape index (κ2) is 8.06. The number of hydrogen-bond donors (Lipinski definition) is 0. The molecule has 1 fully saturated rings. The molecule has 1 saturated heterocycles. The van der Waals surface area contributed by atoms with E-state index in [1.807, 2.05) is 13.8 Å². The Balaban J connectivity index is 0.000000461. The molecule has 1 atom stereocenters. The summed E-state index contributed by atoms with van der Waals surface area (Å²) in [5, 5.41) is 0. The highest BCUT2D eigenvalue weighted by Crippen LogP contribution is 2.17. The zero-order valence-electron chi connectivity index (χ0n) is 8.23. The summed E-state index contributed by atoms with van der Waals surface area (Å²) < 4.78 is 5.33. The monoisotopic (exact) mass is 158 g/mol. The Morgan fingerprint density at radius 1 is 1.18 bits per heavy atom. The van der Waals surface area contributed by atoms with Crippen molar-refractivity contribution in [2.24, 2.45) is 5.92 Å². The van der Waals surface area contributed by atoms with Crippen LogP contribution in [0.25, 0.3) is 0 Å². The van der Waals surface area contributed by atoms with E-state index in [-0.39, 0.29) is 0 Å². The van der Waals surface area contributed by atoms with Gasteiger partial charge in [0.05, 0.1) is 0 Å². The second-order valence-electron chi connectivity index (χ2n) is 2.82. The van der Waals surface area contributed by atoms with Gasteiger partial charge in [0.1, 0.15) is 0 Å². The van der Waals surface area contributed by atoms with Crippen LogP contribution in [-0.4, -0.2) is 13.2 Å². The van der Waals surface area contributed by atoms with Crippen molar-refractivity contribution in [2.45, 2.75) is 46.5 Å². The van der Waals surface area contributed by atoms with Crippen molar-refractivity contribution in [3.05, 3.63) is 0 Å².